The van der Waals surface area contributed by atoms with E-state index in [1.54, 1.807) is 0 Å². The second kappa shape index (κ2) is 8.05. The monoisotopic (exact) mass is 379 g/mol. The number of ether oxygens (including phenoxy) is 1. The van der Waals surface area contributed by atoms with Crippen molar-refractivity contribution in [3.63, 3.8) is 0 Å². The first kappa shape index (κ1) is 18.5. The van der Waals surface area contributed by atoms with Gasteiger partial charge in [0, 0.05) is 12.5 Å². The normalized spacial score (nSPS) is 20.9. The summed E-state index contributed by atoms with van der Waals surface area (Å²) in [6.07, 6.45) is 3.00. The van der Waals surface area contributed by atoms with Gasteiger partial charge in [-0.15, -0.1) is 0 Å². The van der Waals surface area contributed by atoms with Crippen molar-refractivity contribution in [2.75, 3.05) is 13.2 Å². The minimum atomic E-state index is -0.765. The standard InChI is InChI=1S/C23H25NO4/c25-22(26)16-8-2-1-7-15(16)13-24-23(27)28-14-21-19-11-5-3-9-17(19)18-10-4-6-12-20(18)21/h3-6,9-12,15-16,21H,1-2,7-8,13-14H2,(H,24,27)(H,25,26)/t15-,16+/m1/s1. The lowest BCUT2D eigenvalue weighted by Crippen LogP contribution is -2.37. The fourth-order valence-corrected chi connectivity index (χ4v) is 4.64. The summed E-state index contributed by atoms with van der Waals surface area (Å²) in [5, 5.41) is 12.1. The van der Waals surface area contributed by atoms with E-state index in [0.29, 0.717) is 13.0 Å². The Labute approximate surface area is 164 Å². The number of hydrogen-bond donors (Lipinski definition) is 2. The lowest BCUT2D eigenvalue weighted by molar-refractivity contribution is -0.144. The van der Waals surface area contributed by atoms with Crippen molar-refractivity contribution in [2.24, 2.45) is 11.8 Å². The van der Waals surface area contributed by atoms with Crippen molar-refractivity contribution < 1.29 is 19.4 Å². The topological polar surface area (TPSA) is 75.6 Å². The smallest absolute Gasteiger partial charge is 0.407 e. The van der Waals surface area contributed by atoms with Crippen LogP contribution in [0.25, 0.3) is 11.1 Å². The fraction of sp³-hybridized carbons (Fsp3) is 0.391. The molecule has 1 saturated carbocycles. The maximum absolute atomic E-state index is 12.3. The van der Waals surface area contributed by atoms with Crippen LogP contribution in [0.1, 0.15) is 42.7 Å². The minimum absolute atomic E-state index is 0.0215. The lowest BCUT2D eigenvalue weighted by atomic mass is 9.79. The van der Waals surface area contributed by atoms with Gasteiger partial charge in [-0.05, 0) is 41.0 Å². The number of nitrogens with one attached hydrogen (secondary N) is 1. The van der Waals surface area contributed by atoms with Gasteiger partial charge < -0.3 is 15.2 Å². The molecule has 2 N–H and O–H groups in total. The first-order valence-electron chi connectivity index (χ1n) is 9.97. The summed E-state index contributed by atoms with van der Waals surface area (Å²) in [4.78, 5) is 23.7. The van der Waals surface area contributed by atoms with Gasteiger partial charge in [0.2, 0.25) is 0 Å². The molecule has 1 amide bonds. The highest BCUT2D eigenvalue weighted by Gasteiger charge is 2.32. The maximum atomic E-state index is 12.3. The Hall–Kier alpha value is -2.82. The SMILES string of the molecule is O=C(NC[C@H]1CCCC[C@@H]1C(=O)O)OCC1c2ccccc2-c2ccccc21. The van der Waals surface area contributed by atoms with Crippen LogP contribution < -0.4 is 5.32 Å². The number of rotatable bonds is 5. The second-order valence-electron chi connectivity index (χ2n) is 7.70. The predicted molar refractivity (Wildman–Crippen MR) is 106 cm³/mol. The van der Waals surface area contributed by atoms with E-state index in [9.17, 15) is 14.7 Å². The van der Waals surface area contributed by atoms with E-state index in [-0.39, 0.29) is 24.4 Å². The van der Waals surface area contributed by atoms with Crippen LogP contribution in [0, 0.1) is 11.8 Å². The zero-order valence-corrected chi connectivity index (χ0v) is 15.8. The maximum Gasteiger partial charge on any atom is 0.407 e. The first-order valence-corrected chi connectivity index (χ1v) is 9.97. The average Bonchev–Trinajstić information content (AvgIpc) is 3.05. The molecule has 2 aromatic rings. The molecule has 0 heterocycles. The minimum Gasteiger partial charge on any atom is -0.481 e. The van der Waals surface area contributed by atoms with Gasteiger partial charge >= 0.3 is 12.1 Å². The number of amides is 1. The van der Waals surface area contributed by atoms with Gasteiger partial charge in [-0.3, -0.25) is 4.79 Å². The summed E-state index contributed by atoms with van der Waals surface area (Å²) in [5.74, 6) is -1.13. The molecule has 5 nitrogen and oxygen atoms in total. The van der Waals surface area contributed by atoms with Crippen molar-refractivity contribution in [1.29, 1.82) is 0 Å². The number of aliphatic carboxylic acids is 1. The van der Waals surface area contributed by atoms with Gasteiger partial charge in [0.05, 0.1) is 5.92 Å². The van der Waals surface area contributed by atoms with Crippen LogP contribution in [0.2, 0.25) is 0 Å². The molecule has 0 unspecified atom stereocenters. The summed E-state index contributed by atoms with van der Waals surface area (Å²) < 4.78 is 5.53. The quantitative estimate of drug-likeness (QED) is 0.806. The predicted octanol–water partition coefficient (Wildman–Crippen LogP) is 4.42. The third-order valence-electron chi connectivity index (χ3n) is 6.08. The van der Waals surface area contributed by atoms with Crippen LogP contribution in [-0.2, 0) is 9.53 Å². The highest BCUT2D eigenvalue weighted by Crippen LogP contribution is 2.44. The number of fused-ring (bicyclic) bond motifs is 3. The molecule has 0 aromatic heterocycles. The highest BCUT2D eigenvalue weighted by atomic mass is 16.5. The Balaban J connectivity index is 1.37. The molecule has 146 valence electrons. The fourth-order valence-electron chi connectivity index (χ4n) is 4.64. The molecule has 2 aromatic carbocycles. The number of hydrogen-bond acceptors (Lipinski definition) is 3. The number of carbonyl (C=O) groups is 2. The molecular formula is C23H25NO4. The van der Waals surface area contributed by atoms with E-state index < -0.39 is 12.1 Å². The summed E-state index contributed by atoms with van der Waals surface area (Å²) in [6, 6.07) is 16.4. The van der Waals surface area contributed by atoms with Gasteiger partial charge in [-0.25, -0.2) is 4.79 Å². The van der Waals surface area contributed by atoms with Crippen molar-refractivity contribution in [3.05, 3.63) is 59.7 Å². The van der Waals surface area contributed by atoms with E-state index in [0.717, 1.165) is 19.3 Å². The number of benzene rings is 2. The molecule has 0 saturated heterocycles. The van der Waals surface area contributed by atoms with Gasteiger partial charge in [0.25, 0.3) is 0 Å². The van der Waals surface area contributed by atoms with Crippen LogP contribution in [0.4, 0.5) is 4.79 Å². The summed E-state index contributed by atoms with van der Waals surface area (Å²) >= 11 is 0. The van der Waals surface area contributed by atoms with Gasteiger partial charge in [-0.1, -0.05) is 61.4 Å². The van der Waals surface area contributed by atoms with Crippen LogP contribution in [-0.4, -0.2) is 30.3 Å². The zero-order valence-electron chi connectivity index (χ0n) is 15.8. The van der Waals surface area contributed by atoms with E-state index in [1.807, 2.05) is 24.3 Å². The Kier molecular flexibility index (Phi) is 5.33. The summed E-state index contributed by atoms with van der Waals surface area (Å²) in [7, 11) is 0. The van der Waals surface area contributed by atoms with Crippen molar-refractivity contribution >= 4 is 12.1 Å². The van der Waals surface area contributed by atoms with Crippen LogP contribution in [0.15, 0.2) is 48.5 Å². The molecule has 28 heavy (non-hydrogen) atoms. The summed E-state index contributed by atoms with van der Waals surface area (Å²) in [6.45, 7) is 0.626. The Morgan fingerprint density at radius 3 is 2.21 bits per heavy atom. The third-order valence-corrected chi connectivity index (χ3v) is 6.08. The Morgan fingerprint density at radius 2 is 1.57 bits per heavy atom. The second-order valence-corrected chi connectivity index (χ2v) is 7.70. The molecular weight excluding hydrogens is 354 g/mol. The molecule has 4 rings (SSSR count). The molecule has 1 fully saturated rings. The molecule has 2 atom stereocenters. The molecule has 2 aliphatic rings. The zero-order chi connectivity index (χ0) is 19.5. The molecule has 2 aliphatic carbocycles. The van der Waals surface area contributed by atoms with E-state index in [1.165, 1.54) is 22.3 Å². The van der Waals surface area contributed by atoms with Gasteiger partial charge in [0.1, 0.15) is 6.61 Å². The number of carboxylic acids is 1. The molecule has 0 radical (unpaired) electrons. The number of alkyl carbamates (subject to hydrolysis) is 1. The van der Waals surface area contributed by atoms with E-state index in [2.05, 4.69) is 29.6 Å². The number of carboxylic acid groups (broad SMARTS) is 1. The molecule has 0 aliphatic heterocycles. The molecule has 0 bridgehead atoms. The van der Waals surface area contributed by atoms with E-state index in [4.69, 9.17) is 4.74 Å². The Morgan fingerprint density at radius 1 is 0.964 bits per heavy atom. The first-order chi connectivity index (χ1) is 13.6. The van der Waals surface area contributed by atoms with Gasteiger partial charge in [-0.2, -0.15) is 0 Å². The van der Waals surface area contributed by atoms with Crippen molar-refractivity contribution in [1.82, 2.24) is 5.32 Å². The largest absolute Gasteiger partial charge is 0.481 e. The number of carbonyl (C=O) groups excluding carboxylic acids is 1. The van der Waals surface area contributed by atoms with Crippen LogP contribution >= 0.6 is 0 Å². The molecule has 5 heteroatoms. The lowest BCUT2D eigenvalue weighted by Gasteiger charge is -2.28. The van der Waals surface area contributed by atoms with Crippen LogP contribution in [0.5, 0.6) is 0 Å². The van der Waals surface area contributed by atoms with E-state index >= 15 is 0 Å². The van der Waals surface area contributed by atoms with Crippen molar-refractivity contribution in [3.8, 4) is 11.1 Å². The van der Waals surface area contributed by atoms with Crippen LogP contribution in [0.3, 0.4) is 0 Å². The average molecular weight is 379 g/mol. The molecule has 0 spiro atoms. The summed E-state index contributed by atoms with van der Waals surface area (Å²) in [5.41, 5.74) is 4.74. The third kappa shape index (κ3) is 3.61. The van der Waals surface area contributed by atoms with Gasteiger partial charge in [0.15, 0.2) is 0 Å². The highest BCUT2D eigenvalue weighted by molar-refractivity contribution is 5.79. The van der Waals surface area contributed by atoms with Crippen molar-refractivity contribution in [2.45, 2.75) is 31.6 Å². The Bertz CT molecular complexity index is 833.